The maximum absolute atomic E-state index is 13.3. The smallest absolute Gasteiger partial charge is 0.227 e. The van der Waals surface area contributed by atoms with Crippen molar-refractivity contribution in [1.29, 1.82) is 0 Å². The first kappa shape index (κ1) is 26.6. The van der Waals surface area contributed by atoms with Crippen LogP contribution >= 0.6 is 0 Å². The van der Waals surface area contributed by atoms with Gasteiger partial charge in [-0.25, -0.2) is 9.97 Å². The summed E-state index contributed by atoms with van der Waals surface area (Å²) in [5.41, 5.74) is 3.72. The molecule has 0 saturated carbocycles. The van der Waals surface area contributed by atoms with Crippen molar-refractivity contribution in [2.75, 3.05) is 50.0 Å². The van der Waals surface area contributed by atoms with Crippen LogP contribution < -0.4 is 10.2 Å². The van der Waals surface area contributed by atoms with E-state index in [0.717, 1.165) is 42.1 Å². The molecule has 8 heteroatoms. The minimum atomic E-state index is 0.0735. The van der Waals surface area contributed by atoms with Gasteiger partial charge in [0, 0.05) is 62.6 Å². The molecule has 0 atom stereocenters. The van der Waals surface area contributed by atoms with Crippen LogP contribution in [0.2, 0.25) is 0 Å². The predicted octanol–water partition coefficient (Wildman–Crippen LogP) is 3.64. The van der Waals surface area contributed by atoms with Crippen molar-refractivity contribution < 1.29 is 9.59 Å². The van der Waals surface area contributed by atoms with E-state index < -0.39 is 0 Å². The molecule has 0 saturated heterocycles. The minimum Gasteiger partial charge on any atom is -0.354 e. The number of rotatable bonds is 6. The summed E-state index contributed by atoms with van der Waals surface area (Å²) in [4.78, 5) is 41.3. The molecule has 0 spiro atoms. The van der Waals surface area contributed by atoms with Crippen molar-refractivity contribution in [2.24, 2.45) is 5.92 Å². The summed E-state index contributed by atoms with van der Waals surface area (Å²) >= 11 is 0. The van der Waals surface area contributed by atoms with E-state index in [1.807, 2.05) is 54.0 Å². The van der Waals surface area contributed by atoms with Crippen LogP contribution in [0.25, 0.3) is 0 Å². The topological polar surface area (TPSA) is 81.7 Å². The number of benzene rings is 1. The molecule has 35 heavy (non-hydrogen) atoms. The molecule has 0 radical (unpaired) electrons. The number of para-hydroxylation sites is 1. The highest BCUT2D eigenvalue weighted by molar-refractivity contribution is 5.94. The van der Waals surface area contributed by atoms with E-state index in [4.69, 9.17) is 0 Å². The average molecular weight is 481 g/mol. The van der Waals surface area contributed by atoms with E-state index in [-0.39, 0.29) is 11.8 Å². The van der Waals surface area contributed by atoms with Crippen LogP contribution in [0.5, 0.6) is 0 Å². The maximum Gasteiger partial charge on any atom is 0.227 e. The third-order valence-electron chi connectivity index (χ3n) is 6.16. The van der Waals surface area contributed by atoms with Crippen LogP contribution in [-0.2, 0) is 16.1 Å². The predicted molar refractivity (Wildman–Crippen MR) is 140 cm³/mol. The van der Waals surface area contributed by atoms with Crippen molar-refractivity contribution in [3.8, 4) is 0 Å². The number of hydrogen-bond acceptors (Lipinski definition) is 6. The van der Waals surface area contributed by atoms with Gasteiger partial charge in [-0.05, 0) is 57.5 Å². The highest BCUT2D eigenvalue weighted by Crippen LogP contribution is 2.25. The molecule has 190 valence electrons. The summed E-state index contributed by atoms with van der Waals surface area (Å²) in [7, 11) is 2.08. The molecule has 2 aromatic rings. The number of fused-ring (bicyclic) bond motifs is 1. The number of carbonyl (C=O) groups excluding carboxylic acids is 2. The summed E-state index contributed by atoms with van der Waals surface area (Å²) in [6.07, 6.45) is 1.75. The average Bonchev–Trinajstić information content (AvgIpc) is 2.81. The van der Waals surface area contributed by atoms with E-state index in [0.29, 0.717) is 50.9 Å². The number of aromatic nitrogens is 2. The van der Waals surface area contributed by atoms with E-state index >= 15 is 0 Å². The third-order valence-corrected chi connectivity index (χ3v) is 6.16. The Hall–Kier alpha value is -3.00. The van der Waals surface area contributed by atoms with Crippen LogP contribution in [0.4, 0.5) is 11.6 Å². The van der Waals surface area contributed by atoms with Gasteiger partial charge >= 0.3 is 0 Å². The SMILES string of the molecule is Cc1cc(C)nc(NCCC(=O)N2CCN(C)CCCN(C(=O)CC(C)C)c3ccccc3C2)n1. The van der Waals surface area contributed by atoms with Gasteiger partial charge in [-0.1, -0.05) is 32.0 Å². The van der Waals surface area contributed by atoms with Crippen LogP contribution in [0.15, 0.2) is 30.3 Å². The zero-order valence-electron chi connectivity index (χ0n) is 21.9. The largest absolute Gasteiger partial charge is 0.354 e. The molecule has 2 heterocycles. The summed E-state index contributed by atoms with van der Waals surface area (Å²) in [5, 5.41) is 3.19. The summed E-state index contributed by atoms with van der Waals surface area (Å²) in [5.74, 6) is 1.06. The van der Waals surface area contributed by atoms with Crippen molar-refractivity contribution in [1.82, 2.24) is 19.8 Å². The standard InChI is InChI=1S/C27H40N6O2/c1-20(2)17-26(35)33-14-8-13-31(5)15-16-32(19-23-9-6-7-10-24(23)33)25(34)11-12-28-27-29-21(3)18-22(4)30-27/h6-7,9-10,18,20H,8,11-17,19H2,1-5H3,(H,28,29,30). The number of carbonyl (C=O) groups is 2. The van der Waals surface area contributed by atoms with Crippen molar-refractivity contribution in [2.45, 2.75) is 53.5 Å². The maximum atomic E-state index is 13.3. The molecule has 1 aliphatic rings. The lowest BCUT2D eigenvalue weighted by Gasteiger charge is -2.28. The Balaban J connectivity index is 1.76. The fraction of sp³-hybridized carbons (Fsp3) is 0.556. The first-order valence-corrected chi connectivity index (χ1v) is 12.6. The van der Waals surface area contributed by atoms with Gasteiger partial charge < -0.3 is 20.0 Å². The molecule has 1 aromatic carbocycles. The van der Waals surface area contributed by atoms with Gasteiger partial charge in [0.1, 0.15) is 0 Å². The van der Waals surface area contributed by atoms with Crippen molar-refractivity contribution >= 4 is 23.5 Å². The number of nitrogens with one attached hydrogen (secondary N) is 1. The molecule has 2 amide bonds. The van der Waals surface area contributed by atoms with Gasteiger partial charge in [0.15, 0.2) is 0 Å². The molecule has 3 rings (SSSR count). The van der Waals surface area contributed by atoms with Crippen LogP contribution in [0, 0.1) is 19.8 Å². The zero-order valence-corrected chi connectivity index (χ0v) is 21.9. The molecular weight excluding hydrogens is 440 g/mol. The van der Waals surface area contributed by atoms with Crippen LogP contribution in [-0.4, -0.2) is 71.4 Å². The fourth-order valence-corrected chi connectivity index (χ4v) is 4.39. The van der Waals surface area contributed by atoms with Crippen LogP contribution in [0.3, 0.4) is 0 Å². The van der Waals surface area contributed by atoms with Gasteiger partial charge in [0.2, 0.25) is 17.8 Å². The van der Waals surface area contributed by atoms with Crippen LogP contribution in [0.1, 0.15) is 50.1 Å². The monoisotopic (exact) mass is 480 g/mol. The van der Waals surface area contributed by atoms with Crippen molar-refractivity contribution in [3.63, 3.8) is 0 Å². The molecule has 0 aliphatic carbocycles. The molecule has 1 aliphatic heterocycles. The second-order valence-electron chi connectivity index (χ2n) is 9.90. The lowest BCUT2D eigenvalue weighted by molar-refractivity contribution is -0.131. The molecule has 0 fully saturated rings. The lowest BCUT2D eigenvalue weighted by atomic mass is 10.1. The Morgan fingerprint density at radius 3 is 2.43 bits per heavy atom. The minimum absolute atomic E-state index is 0.0735. The lowest BCUT2D eigenvalue weighted by Crippen LogP contribution is -2.38. The normalized spacial score (nSPS) is 15.5. The van der Waals surface area contributed by atoms with Gasteiger partial charge in [0.25, 0.3) is 0 Å². The molecule has 8 nitrogen and oxygen atoms in total. The summed E-state index contributed by atoms with van der Waals surface area (Å²) in [6.45, 7) is 11.9. The molecule has 1 N–H and O–H groups in total. The first-order valence-electron chi connectivity index (χ1n) is 12.6. The number of likely N-dealkylation sites (N-methyl/N-ethyl adjacent to an activating group) is 1. The highest BCUT2D eigenvalue weighted by Gasteiger charge is 2.23. The van der Waals surface area contributed by atoms with E-state index in [2.05, 4.69) is 41.1 Å². The Morgan fingerprint density at radius 2 is 1.71 bits per heavy atom. The molecular formula is C27H40N6O2. The highest BCUT2D eigenvalue weighted by atomic mass is 16.2. The Morgan fingerprint density at radius 1 is 1.00 bits per heavy atom. The number of hydrogen-bond donors (Lipinski definition) is 1. The van der Waals surface area contributed by atoms with Gasteiger partial charge in [-0.15, -0.1) is 0 Å². The molecule has 0 bridgehead atoms. The van der Waals surface area contributed by atoms with Gasteiger partial charge in [-0.2, -0.15) is 0 Å². The number of aryl methyl sites for hydroxylation is 2. The molecule has 0 unspecified atom stereocenters. The second kappa shape index (κ2) is 12.6. The fourth-order valence-electron chi connectivity index (χ4n) is 4.39. The Labute approximate surface area is 209 Å². The number of amides is 2. The van der Waals surface area contributed by atoms with Gasteiger partial charge in [-0.3, -0.25) is 9.59 Å². The van der Waals surface area contributed by atoms with Gasteiger partial charge in [0.05, 0.1) is 0 Å². The van der Waals surface area contributed by atoms with E-state index in [9.17, 15) is 9.59 Å². The van der Waals surface area contributed by atoms with E-state index in [1.54, 1.807) is 0 Å². The Kier molecular flexibility index (Phi) is 9.60. The second-order valence-corrected chi connectivity index (χ2v) is 9.90. The first-order chi connectivity index (χ1) is 16.7. The quantitative estimate of drug-likeness (QED) is 0.680. The Bertz CT molecular complexity index is 989. The molecule has 1 aromatic heterocycles. The third kappa shape index (κ3) is 8.02. The summed E-state index contributed by atoms with van der Waals surface area (Å²) < 4.78 is 0. The van der Waals surface area contributed by atoms with Crippen molar-refractivity contribution in [3.05, 3.63) is 47.3 Å². The number of anilines is 2. The zero-order chi connectivity index (χ0) is 25.4. The van der Waals surface area contributed by atoms with E-state index in [1.165, 1.54) is 0 Å². The summed E-state index contributed by atoms with van der Waals surface area (Å²) in [6, 6.07) is 9.93. The number of nitrogens with zero attached hydrogens (tertiary/aromatic N) is 5.